The fraction of sp³-hybridized carbons (Fsp3) is 0.613. The molecule has 5 rings (SSSR count). The molecule has 10 heteroatoms. The number of morpholine rings is 1. The first kappa shape index (κ1) is 29.8. The van der Waals surface area contributed by atoms with E-state index in [-0.39, 0.29) is 29.9 Å². The molecule has 41 heavy (non-hydrogen) atoms. The van der Waals surface area contributed by atoms with Gasteiger partial charge in [-0.25, -0.2) is 9.37 Å². The third-order valence-electron chi connectivity index (χ3n) is 8.15. The zero-order chi connectivity index (χ0) is 28.9. The van der Waals surface area contributed by atoms with Crippen molar-refractivity contribution in [3.05, 3.63) is 53.5 Å². The highest BCUT2D eigenvalue weighted by Crippen LogP contribution is 2.34. The lowest BCUT2D eigenvalue weighted by Crippen LogP contribution is -2.63. The third-order valence-corrected chi connectivity index (χ3v) is 8.15. The van der Waals surface area contributed by atoms with Crippen LogP contribution in [0.1, 0.15) is 38.8 Å². The summed E-state index contributed by atoms with van der Waals surface area (Å²) in [4.78, 5) is 25.5. The Morgan fingerprint density at radius 3 is 2.71 bits per heavy atom. The predicted molar refractivity (Wildman–Crippen MR) is 156 cm³/mol. The molecule has 3 aliphatic rings. The van der Waals surface area contributed by atoms with Gasteiger partial charge in [-0.3, -0.25) is 19.5 Å². The van der Waals surface area contributed by atoms with Crippen molar-refractivity contribution in [1.82, 2.24) is 20.1 Å². The van der Waals surface area contributed by atoms with E-state index in [9.17, 15) is 9.18 Å². The molecule has 1 aromatic carbocycles. The normalized spacial score (nSPS) is 25.7. The van der Waals surface area contributed by atoms with Crippen LogP contribution in [0.5, 0.6) is 5.88 Å². The van der Waals surface area contributed by atoms with E-state index >= 15 is 0 Å². The average Bonchev–Trinajstić information content (AvgIpc) is 2.95. The molecule has 4 heterocycles. The minimum atomic E-state index is -0.265. The zero-order valence-corrected chi connectivity index (χ0v) is 24.7. The number of halogens is 1. The number of anilines is 1. The van der Waals surface area contributed by atoms with E-state index in [1.54, 1.807) is 18.3 Å². The Hall–Kier alpha value is -2.63. The molecule has 0 spiro atoms. The highest BCUT2D eigenvalue weighted by atomic mass is 19.1. The molecule has 2 unspecified atom stereocenters. The van der Waals surface area contributed by atoms with Gasteiger partial charge in [0.15, 0.2) is 0 Å². The predicted octanol–water partition coefficient (Wildman–Crippen LogP) is 2.71. The standard InChI is InChI=1S/C31H44FN5O4/c1-21(2)40-19-28-20-41-31-29(12-25(13-34-31)11-24-5-7-26(32)8-6-24)37(28)30(38)17-36-15-22(3)33-14-27(36)16-35-9-10-39-18-23(35)4/h5-8,12-13,21-23,27-28,33H,9-11,14-20H2,1-4H3/t22-,23?,27-,28?/m1/s1. The van der Waals surface area contributed by atoms with Gasteiger partial charge in [-0.15, -0.1) is 0 Å². The summed E-state index contributed by atoms with van der Waals surface area (Å²) in [5.74, 6) is 0.204. The molecule has 2 saturated heterocycles. The zero-order valence-electron chi connectivity index (χ0n) is 24.7. The number of pyridine rings is 1. The quantitative estimate of drug-likeness (QED) is 0.494. The van der Waals surface area contributed by atoms with E-state index in [1.807, 2.05) is 24.8 Å². The molecule has 2 aromatic rings. The van der Waals surface area contributed by atoms with Gasteiger partial charge in [0.25, 0.3) is 0 Å². The summed E-state index contributed by atoms with van der Waals surface area (Å²) in [5.41, 5.74) is 2.56. The van der Waals surface area contributed by atoms with Gasteiger partial charge < -0.3 is 19.5 Å². The summed E-state index contributed by atoms with van der Waals surface area (Å²) in [6.45, 7) is 14.3. The number of aromatic nitrogens is 1. The van der Waals surface area contributed by atoms with E-state index in [2.05, 4.69) is 33.9 Å². The van der Waals surface area contributed by atoms with Crippen LogP contribution in [0.3, 0.4) is 0 Å². The fourth-order valence-electron chi connectivity index (χ4n) is 5.87. The first-order valence-electron chi connectivity index (χ1n) is 14.9. The molecule has 0 bridgehead atoms. The minimum Gasteiger partial charge on any atom is -0.474 e. The first-order chi connectivity index (χ1) is 19.8. The van der Waals surface area contributed by atoms with Crippen LogP contribution < -0.4 is 15.0 Å². The number of piperazine rings is 1. The van der Waals surface area contributed by atoms with Crippen LogP contribution in [0.2, 0.25) is 0 Å². The second-order valence-corrected chi connectivity index (χ2v) is 11.9. The van der Waals surface area contributed by atoms with Crippen molar-refractivity contribution in [1.29, 1.82) is 0 Å². The summed E-state index contributed by atoms with van der Waals surface area (Å²) < 4.78 is 31.1. The van der Waals surface area contributed by atoms with Crippen molar-refractivity contribution in [2.45, 2.75) is 64.4 Å². The Morgan fingerprint density at radius 1 is 1.15 bits per heavy atom. The Balaban J connectivity index is 1.38. The van der Waals surface area contributed by atoms with Crippen molar-refractivity contribution in [3.63, 3.8) is 0 Å². The Kier molecular flexibility index (Phi) is 9.87. The molecule has 3 aliphatic heterocycles. The molecule has 1 amide bonds. The number of nitrogens with one attached hydrogen (secondary N) is 1. The molecule has 0 saturated carbocycles. The summed E-state index contributed by atoms with van der Waals surface area (Å²) in [6, 6.07) is 9.05. The van der Waals surface area contributed by atoms with Gasteiger partial charge in [-0.05, 0) is 63.4 Å². The van der Waals surface area contributed by atoms with Gasteiger partial charge in [0.2, 0.25) is 11.8 Å². The molecule has 0 radical (unpaired) electrons. The van der Waals surface area contributed by atoms with Gasteiger partial charge in [0, 0.05) is 50.5 Å². The van der Waals surface area contributed by atoms with Gasteiger partial charge in [0.05, 0.1) is 38.5 Å². The maximum atomic E-state index is 14.2. The maximum absolute atomic E-state index is 14.2. The molecule has 0 aliphatic carbocycles. The van der Waals surface area contributed by atoms with Crippen LogP contribution in [-0.4, -0.2) is 110 Å². The molecular weight excluding hydrogens is 525 g/mol. The van der Waals surface area contributed by atoms with Crippen LogP contribution in [0, 0.1) is 5.82 Å². The van der Waals surface area contributed by atoms with Gasteiger partial charge >= 0.3 is 0 Å². The Bertz CT molecular complexity index is 1170. The molecule has 9 nitrogen and oxygen atoms in total. The lowest BCUT2D eigenvalue weighted by molar-refractivity contribution is -0.122. The SMILES string of the molecule is CC(C)OCC1COc2ncc(Cc3ccc(F)cc3)cc2N1C(=O)CN1C[C@@H](C)NC[C@@H]1CN1CCOCC1C. The van der Waals surface area contributed by atoms with E-state index in [0.29, 0.717) is 49.8 Å². The lowest BCUT2D eigenvalue weighted by atomic mass is 10.0. The monoisotopic (exact) mass is 569 g/mol. The first-order valence-corrected chi connectivity index (χ1v) is 14.9. The smallest absolute Gasteiger partial charge is 0.241 e. The maximum Gasteiger partial charge on any atom is 0.241 e. The summed E-state index contributed by atoms with van der Waals surface area (Å²) in [7, 11) is 0. The van der Waals surface area contributed by atoms with Crippen molar-refractivity contribution >= 4 is 11.6 Å². The van der Waals surface area contributed by atoms with E-state index < -0.39 is 0 Å². The van der Waals surface area contributed by atoms with E-state index in [4.69, 9.17) is 14.2 Å². The van der Waals surface area contributed by atoms with Crippen LogP contribution in [0.25, 0.3) is 0 Å². The highest BCUT2D eigenvalue weighted by molar-refractivity contribution is 5.97. The topological polar surface area (TPSA) is 79.4 Å². The molecule has 1 N–H and O–H groups in total. The van der Waals surface area contributed by atoms with Gasteiger partial charge in [0.1, 0.15) is 18.1 Å². The number of hydrogen-bond acceptors (Lipinski definition) is 8. The number of ether oxygens (including phenoxy) is 3. The van der Waals surface area contributed by atoms with Crippen LogP contribution in [0.15, 0.2) is 36.5 Å². The van der Waals surface area contributed by atoms with Crippen molar-refractivity contribution in [2.75, 3.05) is 64.1 Å². The molecular formula is C31H44FN5O4. The van der Waals surface area contributed by atoms with Gasteiger partial charge in [-0.2, -0.15) is 0 Å². The molecule has 224 valence electrons. The van der Waals surface area contributed by atoms with Crippen molar-refractivity contribution in [3.8, 4) is 5.88 Å². The number of rotatable bonds is 9. The van der Waals surface area contributed by atoms with Crippen molar-refractivity contribution in [2.24, 2.45) is 0 Å². The van der Waals surface area contributed by atoms with Gasteiger partial charge in [-0.1, -0.05) is 12.1 Å². The third kappa shape index (κ3) is 7.61. The average molecular weight is 570 g/mol. The minimum absolute atomic E-state index is 0.0155. The fourth-order valence-corrected chi connectivity index (χ4v) is 5.87. The largest absolute Gasteiger partial charge is 0.474 e. The lowest BCUT2D eigenvalue weighted by Gasteiger charge is -2.44. The van der Waals surface area contributed by atoms with Crippen LogP contribution >= 0.6 is 0 Å². The number of amides is 1. The van der Waals surface area contributed by atoms with E-state index in [0.717, 1.165) is 50.5 Å². The van der Waals surface area contributed by atoms with E-state index in [1.165, 1.54) is 12.1 Å². The number of carbonyl (C=O) groups is 1. The number of benzene rings is 1. The molecule has 1 aromatic heterocycles. The number of nitrogens with zero attached hydrogens (tertiary/aromatic N) is 4. The highest BCUT2D eigenvalue weighted by Gasteiger charge is 2.37. The molecule has 4 atom stereocenters. The van der Waals surface area contributed by atoms with Crippen LogP contribution in [0.4, 0.5) is 10.1 Å². The Labute approximate surface area is 242 Å². The summed E-state index contributed by atoms with van der Waals surface area (Å²) in [5, 5.41) is 3.61. The molecule has 2 fully saturated rings. The summed E-state index contributed by atoms with van der Waals surface area (Å²) in [6.07, 6.45) is 2.38. The number of fused-ring (bicyclic) bond motifs is 1. The van der Waals surface area contributed by atoms with Crippen molar-refractivity contribution < 1.29 is 23.4 Å². The Morgan fingerprint density at radius 2 is 1.95 bits per heavy atom. The second kappa shape index (κ2) is 13.6. The van der Waals surface area contributed by atoms with Crippen LogP contribution in [-0.2, 0) is 20.7 Å². The number of carbonyl (C=O) groups excluding carboxylic acids is 1. The summed E-state index contributed by atoms with van der Waals surface area (Å²) >= 11 is 0. The number of hydrogen-bond donors (Lipinski definition) is 1. The second-order valence-electron chi connectivity index (χ2n) is 11.9.